The first kappa shape index (κ1) is 23.0. The van der Waals surface area contributed by atoms with Gasteiger partial charge in [-0.3, -0.25) is 9.48 Å². The van der Waals surface area contributed by atoms with Crippen molar-refractivity contribution in [3.05, 3.63) is 65.2 Å². The SMILES string of the molecule is Cc1cc(-c2ncc3nc(C(F)(F)F)cc(C)c3n2)ccc1N(C)C(=O)c1ccnn1CC=O. The first-order valence-corrected chi connectivity index (χ1v) is 10.2. The van der Waals surface area contributed by atoms with E-state index >= 15 is 0 Å². The number of pyridine rings is 1. The molecule has 0 unspecified atom stereocenters. The summed E-state index contributed by atoms with van der Waals surface area (Å²) in [4.78, 5) is 37.5. The zero-order chi connectivity index (χ0) is 24.6. The quantitative estimate of drug-likeness (QED) is 0.411. The molecule has 0 radical (unpaired) electrons. The van der Waals surface area contributed by atoms with Gasteiger partial charge in [0.1, 0.15) is 23.2 Å². The van der Waals surface area contributed by atoms with Crippen LogP contribution >= 0.6 is 0 Å². The van der Waals surface area contributed by atoms with Crippen molar-refractivity contribution in [2.75, 3.05) is 11.9 Å². The maximum absolute atomic E-state index is 13.0. The molecule has 0 aliphatic carbocycles. The number of nitrogens with zero attached hydrogens (tertiary/aromatic N) is 6. The van der Waals surface area contributed by atoms with Gasteiger partial charge in [0.2, 0.25) is 0 Å². The van der Waals surface area contributed by atoms with Crippen LogP contribution in [0.15, 0.2) is 42.7 Å². The molecule has 0 fully saturated rings. The molecule has 174 valence electrons. The molecular formula is C23H19F3N6O2. The number of rotatable bonds is 5. The van der Waals surface area contributed by atoms with E-state index in [0.29, 0.717) is 34.4 Å². The highest BCUT2D eigenvalue weighted by Gasteiger charge is 2.33. The number of halogens is 3. The van der Waals surface area contributed by atoms with Crippen LogP contribution < -0.4 is 4.90 Å². The topological polar surface area (TPSA) is 93.9 Å². The van der Waals surface area contributed by atoms with Gasteiger partial charge in [-0.25, -0.2) is 15.0 Å². The predicted molar refractivity (Wildman–Crippen MR) is 118 cm³/mol. The van der Waals surface area contributed by atoms with Crippen LogP contribution in [0.4, 0.5) is 18.9 Å². The van der Waals surface area contributed by atoms with Gasteiger partial charge in [-0.1, -0.05) is 0 Å². The number of benzene rings is 1. The molecule has 3 heterocycles. The van der Waals surface area contributed by atoms with Crippen LogP contribution in [0.5, 0.6) is 0 Å². The van der Waals surface area contributed by atoms with Crippen LogP contribution in [-0.4, -0.2) is 44.0 Å². The van der Waals surface area contributed by atoms with Crippen LogP contribution in [0.1, 0.15) is 27.3 Å². The predicted octanol–water partition coefficient (Wildman–Crippen LogP) is 4.00. The number of amides is 1. The lowest BCUT2D eigenvalue weighted by atomic mass is 10.1. The van der Waals surface area contributed by atoms with Crippen molar-refractivity contribution in [1.82, 2.24) is 24.7 Å². The van der Waals surface area contributed by atoms with E-state index in [9.17, 15) is 22.8 Å². The molecule has 8 nitrogen and oxygen atoms in total. The van der Waals surface area contributed by atoms with E-state index in [-0.39, 0.29) is 23.7 Å². The molecule has 4 aromatic rings. The third kappa shape index (κ3) is 4.24. The summed E-state index contributed by atoms with van der Waals surface area (Å²) < 4.78 is 40.4. The number of aryl methyl sites for hydroxylation is 2. The van der Waals surface area contributed by atoms with E-state index in [0.717, 1.165) is 11.6 Å². The standard InChI is InChI=1S/C23H19F3N6O2/c1-13-10-15(4-5-17(13)31(3)22(34)18-6-7-28-32(18)8-9-33)21-27-12-16-20(30-21)14(2)11-19(29-16)23(24,25)26/h4-7,9-12H,8H2,1-3H3. The highest BCUT2D eigenvalue weighted by Crippen LogP contribution is 2.31. The lowest BCUT2D eigenvalue weighted by molar-refractivity contribution is -0.141. The van der Waals surface area contributed by atoms with Gasteiger partial charge in [-0.05, 0) is 55.3 Å². The van der Waals surface area contributed by atoms with Crippen LogP contribution in [0.3, 0.4) is 0 Å². The highest BCUT2D eigenvalue weighted by atomic mass is 19.4. The maximum Gasteiger partial charge on any atom is 0.433 e. The van der Waals surface area contributed by atoms with Gasteiger partial charge in [0.15, 0.2) is 5.82 Å². The molecule has 1 aromatic carbocycles. The fraction of sp³-hybridized carbons (Fsp3) is 0.217. The minimum Gasteiger partial charge on any atom is -0.310 e. The summed E-state index contributed by atoms with van der Waals surface area (Å²) in [7, 11) is 1.61. The molecule has 0 saturated carbocycles. The average Bonchev–Trinajstić information content (AvgIpc) is 3.25. The molecule has 11 heteroatoms. The first-order chi connectivity index (χ1) is 16.1. The fourth-order valence-electron chi connectivity index (χ4n) is 3.65. The number of carbonyl (C=O) groups excluding carboxylic acids is 2. The molecule has 1 amide bonds. The summed E-state index contributed by atoms with van der Waals surface area (Å²) in [5.74, 6) is -0.0100. The van der Waals surface area contributed by atoms with E-state index in [1.165, 1.54) is 28.0 Å². The molecule has 0 atom stereocenters. The van der Waals surface area contributed by atoms with Gasteiger partial charge in [0.05, 0.1) is 18.3 Å². The number of fused-ring (bicyclic) bond motifs is 1. The molecule has 0 bridgehead atoms. The fourth-order valence-corrected chi connectivity index (χ4v) is 3.65. The third-order valence-corrected chi connectivity index (χ3v) is 5.33. The number of alkyl halides is 3. The number of hydrogen-bond acceptors (Lipinski definition) is 6. The Morgan fingerprint density at radius 2 is 1.88 bits per heavy atom. The zero-order valence-electron chi connectivity index (χ0n) is 18.5. The average molecular weight is 468 g/mol. The highest BCUT2D eigenvalue weighted by molar-refractivity contribution is 6.05. The Kier molecular flexibility index (Phi) is 5.86. The Morgan fingerprint density at radius 3 is 2.56 bits per heavy atom. The van der Waals surface area contributed by atoms with Crippen molar-refractivity contribution in [3.8, 4) is 11.4 Å². The molecule has 3 aromatic heterocycles. The summed E-state index contributed by atoms with van der Waals surface area (Å²) in [6, 6.07) is 7.74. The smallest absolute Gasteiger partial charge is 0.310 e. The molecule has 4 rings (SSSR count). The molecule has 34 heavy (non-hydrogen) atoms. The van der Waals surface area contributed by atoms with Crippen molar-refractivity contribution in [2.45, 2.75) is 26.6 Å². The van der Waals surface area contributed by atoms with Gasteiger partial charge in [-0.2, -0.15) is 18.3 Å². The Balaban J connectivity index is 1.66. The summed E-state index contributed by atoms with van der Waals surface area (Å²) in [6.07, 6.45) is -1.17. The summed E-state index contributed by atoms with van der Waals surface area (Å²) in [6.45, 7) is 3.33. The molecular weight excluding hydrogens is 449 g/mol. The Morgan fingerprint density at radius 1 is 1.12 bits per heavy atom. The van der Waals surface area contributed by atoms with E-state index < -0.39 is 11.9 Å². The van der Waals surface area contributed by atoms with Crippen LogP contribution in [0, 0.1) is 13.8 Å². The summed E-state index contributed by atoms with van der Waals surface area (Å²) in [5.41, 5.74) is 2.02. The van der Waals surface area contributed by atoms with Crippen molar-refractivity contribution >= 4 is 28.9 Å². The molecule has 0 aliphatic rings. The number of aldehydes is 1. The molecule has 0 spiro atoms. The van der Waals surface area contributed by atoms with Crippen molar-refractivity contribution in [3.63, 3.8) is 0 Å². The number of hydrogen-bond donors (Lipinski definition) is 0. The number of anilines is 1. The van der Waals surface area contributed by atoms with E-state index in [2.05, 4.69) is 20.1 Å². The normalized spacial score (nSPS) is 11.6. The first-order valence-electron chi connectivity index (χ1n) is 10.2. The van der Waals surface area contributed by atoms with Gasteiger partial charge in [0, 0.05) is 24.5 Å². The van der Waals surface area contributed by atoms with Crippen molar-refractivity contribution in [2.24, 2.45) is 0 Å². The number of carbonyl (C=O) groups is 2. The summed E-state index contributed by atoms with van der Waals surface area (Å²) in [5, 5.41) is 3.98. The zero-order valence-corrected chi connectivity index (χ0v) is 18.5. The lowest BCUT2D eigenvalue weighted by Gasteiger charge is -2.20. The second-order valence-corrected chi connectivity index (χ2v) is 7.68. The second kappa shape index (κ2) is 8.65. The van der Waals surface area contributed by atoms with E-state index in [4.69, 9.17) is 0 Å². The largest absolute Gasteiger partial charge is 0.433 e. The van der Waals surface area contributed by atoms with Crippen molar-refractivity contribution in [1.29, 1.82) is 0 Å². The number of aromatic nitrogens is 5. The van der Waals surface area contributed by atoms with Gasteiger partial charge in [-0.15, -0.1) is 0 Å². The molecule has 0 saturated heterocycles. The molecule has 0 N–H and O–H groups in total. The second-order valence-electron chi connectivity index (χ2n) is 7.68. The van der Waals surface area contributed by atoms with Gasteiger partial charge in [0.25, 0.3) is 5.91 Å². The Bertz CT molecular complexity index is 1410. The Hall–Kier alpha value is -4.15. The van der Waals surface area contributed by atoms with Crippen LogP contribution in [-0.2, 0) is 17.5 Å². The molecule has 0 aliphatic heterocycles. The maximum atomic E-state index is 13.0. The van der Waals surface area contributed by atoms with Crippen LogP contribution in [0.25, 0.3) is 22.4 Å². The minimum atomic E-state index is -4.56. The Labute approximate surface area is 192 Å². The monoisotopic (exact) mass is 468 g/mol. The van der Waals surface area contributed by atoms with Gasteiger partial charge < -0.3 is 9.69 Å². The van der Waals surface area contributed by atoms with Crippen molar-refractivity contribution < 1.29 is 22.8 Å². The minimum absolute atomic E-state index is 0.0299. The van der Waals surface area contributed by atoms with Crippen LogP contribution in [0.2, 0.25) is 0 Å². The summed E-state index contributed by atoms with van der Waals surface area (Å²) >= 11 is 0. The van der Waals surface area contributed by atoms with Gasteiger partial charge >= 0.3 is 6.18 Å². The third-order valence-electron chi connectivity index (χ3n) is 5.33. The van der Waals surface area contributed by atoms with E-state index in [1.807, 2.05) is 6.92 Å². The lowest BCUT2D eigenvalue weighted by Crippen LogP contribution is -2.29. The van der Waals surface area contributed by atoms with E-state index in [1.54, 1.807) is 32.2 Å².